The summed E-state index contributed by atoms with van der Waals surface area (Å²) < 4.78 is 10.5. The molecule has 0 atom stereocenters. The topological polar surface area (TPSA) is 59.3 Å². The highest BCUT2D eigenvalue weighted by atomic mass is 32.1. The number of esters is 1. The van der Waals surface area contributed by atoms with Gasteiger partial charge in [0.1, 0.15) is 23.8 Å². The Kier molecular flexibility index (Phi) is 4.75. The van der Waals surface area contributed by atoms with Crippen LogP contribution in [-0.4, -0.2) is 19.2 Å². The van der Waals surface area contributed by atoms with E-state index in [4.69, 9.17) is 14.7 Å². The first-order chi connectivity index (χ1) is 9.70. The van der Waals surface area contributed by atoms with Gasteiger partial charge in [0, 0.05) is 0 Å². The minimum absolute atomic E-state index is 0.191. The Balaban J connectivity index is 1.75. The van der Waals surface area contributed by atoms with Crippen molar-refractivity contribution in [3.05, 3.63) is 51.7 Å². The molecule has 1 heterocycles. The minimum atomic E-state index is -0.319. The summed E-state index contributed by atoms with van der Waals surface area (Å²) in [7, 11) is 0. The van der Waals surface area contributed by atoms with Gasteiger partial charge in [0.2, 0.25) is 0 Å². The fourth-order valence-electron chi connectivity index (χ4n) is 1.57. The summed E-state index contributed by atoms with van der Waals surface area (Å²) in [4.78, 5) is 12.3. The molecule has 2 rings (SSSR count). The van der Waals surface area contributed by atoms with Crippen molar-refractivity contribution in [1.82, 2.24) is 0 Å². The summed E-state index contributed by atoms with van der Waals surface area (Å²) in [6, 6.07) is 10.7. The zero-order valence-corrected chi connectivity index (χ0v) is 11.8. The third-order valence-corrected chi connectivity index (χ3v) is 3.61. The van der Waals surface area contributed by atoms with Crippen LogP contribution < -0.4 is 4.74 Å². The Morgan fingerprint density at radius 1 is 1.25 bits per heavy atom. The van der Waals surface area contributed by atoms with Crippen LogP contribution in [0.1, 0.15) is 20.8 Å². The predicted molar refractivity (Wildman–Crippen MR) is 76.0 cm³/mol. The molecule has 0 aliphatic rings. The molecule has 0 spiro atoms. The Hall–Kier alpha value is -2.32. The number of hydrogen-bond acceptors (Lipinski definition) is 5. The molecule has 5 heteroatoms. The van der Waals surface area contributed by atoms with Crippen molar-refractivity contribution in [1.29, 1.82) is 5.26 Å². The summed E-state index contributed by atoms with van der Waals surface area (Å²) in [5.74, 6) is 0.327. The second kappa shape index (κ2) is 6.73. The second-order valence-corrected chi connectivity index (χ2v) is 4.97. The van der Waals surface area contributed by atoms with E-state index in [0.717, 1.165) is 5.56 Å². The SMILES string of the molecule is Cc1ccsc1C(=O)OCCOc1ccc(C#N)cc1. The smallest absolute Gasteiger partial charge is 0.348 e. The first-order valence-electron chi connectivity index (χ1n) is 6.05. The van der Waals surface area contributed by atoms with Crippen molar-refractivity contribution in [2.24, 2.45) is 0 Å². The van der Waals surface area contributed by atoms with Crippen LogP contribution in [0.3, 0.4) is 0 Å². The summed E-state index contributed by atoms with van der Waals surface area (Å²) in [5, 5.41) is 10.5. The maximum atomic E-state index is 11.7. The van der Waals surface area contributed by atoms with Crippen molar-refractivity contribution in [3.8, 4) is 11.8 Å². The van der Waals surface area contributed by atoms with Crippen molar-refractivity contribution < 1.29 is 14.3 Å². The molecule has 0 bridgehead atoms. The average Bonchev–Trinajstić information content (AvgIpc) is 2.90. The molecule has 20 heavy (non-hydrogen) atoms. The molecule has 0 fully saturated rings. The molecule has 0 radical (unpaired) electrons. The van der Waals surface area contributed by atoms with E-state index < -0.39 is 0 Å². The van der Waals surface area contributed by atoms with Gasteiger partial charge in [0.25, 0.3) is 0 Å². The zero-order valence-electron chi connectivity index (χ0n) is 11.0. The van der Waals surface area contributed by atoms with Gasteiger partial charge in [-0.15, -0.1) is 11.3 Å². The van der Waals surface area contributed by atoms with Gasteiger partial charge in [-0.3, -0.25) is 0 Å². The number of aryl methyl sites for hydroxylation is 1. The lowest BCUT2D eigenvalue weighted by Crippen LogP contribution is -2.12. The van der Waals surface area contributed by atoms with E-state index >= 15 is 0 Å². The van der Waals surface area contributed by atoms with E-state index in [2.05, 4.69) is 0 Å². The number of nitriles is 1. The number of thiophene rings is 1. The van der Waals surface area contributed by atoms with E-state index in [9.17, 15) is 4.79 Å². The van der Waals surface area contributed by atoms with Crippen LogP contribution in [-0.2, 0) is 4.74 Å². The van der Waals surface area contributed by atoms with Crippen LogP contribution in [0.15, 0.2) is 35.7 Å². The highest BCUT2D eigenvalue weighted by molar-refractivity contribution is 7.12. The summed E-state index contributed by atoms with van der Waals surface area (Å²) in [5.41, 5.74) is 1.50. The zero-order chi connectivity index (χ0) is 14.4. The molecule has 0 unspecified atom stereocenters. The molecule has 1 aromatic heterocycles. The Morgan fingerprint density at radius 3 is 2.60 bits per heavy atom. The number of ether oxygens (including phenoxy) is 2. The molecular weight excluding hydrogens is 274 g/mol. The fraction of sp³-hybridized carbons (Fsp3) is 0.200. The van der Waals surface area contributed by atoms with E-state index in [0.29, 0.717) is 16.2 Å². The van der Waals surface area contributed by atoms with Gasteiger partial charge in [-0.05, 0) is 48.2 Å². The first-order valence-corrected chi connectivity index (χ1v) is 6.93. The van der Waals surface area contributed by atoms with Crippen molar-refractivity contribution in [3.63, 3.8) is 0 Å². The average molecular weight is 287 g/mol. The van der Waals surface area contributed by atoms with Gasteiger partial charge >= 0.3 is 5.97 Å². The largest absolute Gasteiger partial charge is 0.490 e. The number of rotatable bonds is 5. The van der Waals surface area contributed by atoms with Crippen molar-refractivity contribution in [2.75, 3.05) is 13.2 Å². The summed E-state index contributed by atoms with van der Waals surface area (Å²) in [6.45, 7) is 2.35. The van der Waals surface area contributed by atoms with Crippen molar-refractivity contribution >= 4 is 17.3 Å². The van der Waals surface area contributed by atoms with Crippen molar-refractivity contribution in [2.45, 2.75) is 6.92 Å². The predicted octanol–water partition coefficient (Wildman–Crippen LogP) is 3.16. The van der Waals surface area contributed by atoms with Crippen LogP contribution in [0.4, 0.5) is 0 Å². The summed E-state index contributed by atoms with van der Waals surface area (Å²) >= 11 is 1.37. The molecule has 2 aromatic rings. The van der Waals surface area contributed by atoms with Gasteiger partial charge < -0.3 is 9.47 Å². The quantitative estimate of drug-likeness (QED) is 0.626. The Morgan fingerprint density at radius 2 is 2.00 bits per heavy atom. The highest BCUT2D eigenvalue weighted by Crippen LogP contribution is 2.16. The molecule has 0 saturated heterocycles. The number of benzene rings is 1. The third-order valence-electron chi connectivity index (χ3n) is 2.62. The monoisotopic (exact) mass is 287 g/mol. The number of nitrogens with zero attached hydrogens (tertiary/aromatic N) is 1. The van der Waals surface area contributed by atoms with Gasteiger partial charge in [-0.1, -0.05) is 0 Å². The Bertz CT molecular complexity index is 625. The molecule has 4 nitrogen and oxygen atoms in total. The molecule has 102 valence electrons. The van der Waals surface area contributed by atoms with Gasteiger partial charge in [0.15, 0.2) is 0 Å². The molecular formula is C15H13NO3S. The van der Waals surface area contributed by atoms with Crippen LogP contribution >= 0.6 is 11.3 Å². The van der Waals surface area contributed by atoms with E-state index in [1.807, 2.05) is 24.4 Å². The molecule has 0 amide bonds. The van der Waals surface area contributed by atoms with E-state index in [1.165, 1.54) is 11.3 Å². The lowest BCUT2D eigenvalue weighted by molar-refractivity contribution is 0.0455. The molecule has 0 aliphatic heterocycles. The van der Waals surface area contributed by atoms with Gasteiger partial charge in [-0.2, -0.15) is 5.26 Å². The molecule has 0 saturated carbocycles. The number of carbonyl (C=O) groups excluding carboxylic acids is 1. The number of carbonyl (C=O) groups is 1. The lowest BCUT2D eigenvalue weighted by Gasteiger charge is -2.07. The molecule has 0 aliphatic carbocycles. The molecule has 0 N–H and O–H groups in total. The van der Waals surface area contributed by atoms with Crippen LogP contribution in [0.5, 0.6) is 5.75 Å². The van der Waals surface area contributed by atoms with Crippen LogP contribution in [0.25, 0.3) is 0 Å². The fourth-order valence-corrected chi connectivity index (χ4v) is 2.38. The molecule has 1 aromatic carbocycles. The third kappa shape index (κ3) is 3.59. The lowest BCUT2D eigenvalue weighted by atomic mass is 10.2. The van der Waals surface area contributed by atoms with Crippen LogP contribution in [0, 0.1) is 18.3 Å². The minimum Gasteiger partial charge on any atom is -0.490 e. The second-order valence-electron chi connectivity index (χ2n) is 4.05. The first kappa shape index (κ1) is 14.1. The maximum absolute atomic E-state index is 11.7. The highest BCUT2D eigenvalue weighted by Gasteiger charge is 2.11. The Labute approximate surface area is 121 Å². The normalized spacial score (nSPS) is 9.80. The van der Waals surface area contributed by atoms with E-state index in [-0.39, 0.29) is 19.2 Å². The summed E-state index contributed by atoms with van der Waals surface area (Å²) in [6.07, 6.45) is 0. The maximum Gasteiger partial charge on any atom is 0.348 e. The standard InChI is InChI=1S/C15H13NO3S/c1-11-6-9-20-14(11)15(17)19-8-7-18-13-4-2-12(10-16)3-5-13/h2-6,9H,7-8H2,1H3. The van der Waals surface area contributed by atoms with E-state index in [1.54, 1.807) is 24.3 Å². The van der Waals surface area contributed by atoms with Gasteiger partial charge in [0.05, 0.1) is 11.6 Å². The van der Waals surface area contributed by atoms with Crippen LogP contribution in [0.2, 0.25) is 0 Å². The van der Waals surface area contributed by atoms with Gasteiger partial charge in [-0.25, -0.2) is 4.79 Å². The number of hydrogen-bond donors (Lipinski definition) is 0.